The van der Waals surface area contributed by atoms with Gasteiger partial charge in [-0.15, -0.1) is 0 Å². The smallest absolute Gasteiger partial charge is 0.160 e. The van der Waals surface area contributed by atoms with Crippen LogP contribution < -0.4 is 9.47 Å². The second-order valence-electron chi connectivity index (χ2n) is 4.28. The van der Waals surface area contributed by atoms with Gasteiger partial charge >= 0.3 is 0 Å². The highest BCUT2D eigenvalue weighted by Gasteiger charge is 2.25. The van der Waals surface area contributed by atoms with Gasteiger partial charge in [-0.25, -0.2) is 0 Å². The van der Waals surface area contributed by atoms with Crippen molar-refractivity contribution in [2.75, 3.05) is 27.4 Å². The predicted octanol–water partition coefficient (Wildman–Crippen LogP) is 1.54. The van der Waals surface area contributed by atoms with Crippen molar-refractivity contribution in [3.8, 4) is 17.6 Å². The Labute approximate surface area is 113 Å². The van der Waals surface area contributed by atoms with E-state index in [2.05, 4.69) is 6.07 Å². The summed E-state index contributed by atoms with van der Waals surface area (Å²) in [5.74, 6) is 1.25. The molecule has 19 heavy (non-hydrogen) atoms. The van der Waals surface area contributed by atoms with Gasteiger partial charge in [0.1, 0.15) is 0 Å². The summed E-state index contributed by atoms with van der Waals surface area (Å²) in [5, 5.41) is 18.0. The largest absolute Gasteiger partial charge is 0.493 e. The molecule has 1 unspecified atom stereocenters. The number of hydrogen-bond donors (Lipinski definition) is 1. The SMILES string of the molecule is COc1ccc(CC(C)(C#N)OCCO)cc1OC. The minimum Gasteiger partial charge on any atom is -0.493 e. The van der Waals surface area contributed by atoms with Crippen LogP contribution in [-0.2, 0) is 11.2 Å². The fourth-order valence-electron chi connectivity index (χ4n) is 1.77. The van der Waals surface area contributed by atoms with Crippen LogP contribution in [0.15, 0.2) is 18.2 Å². The van der Waals surface area contributed by atoms with E-state index >= 15 is 0 Å². The molecule has 1 atom stereocenters. The van der Waals surface area contributed by atoms with E-state index in [1.54, 1.807) is 27.2 Å². The third kappa shape index (κ3) is 4.12. The van der Waals surface area contributed by atoms with Crippen molar-refractivity contribution in [2.24, 2.45) is 0 Å². The molecule has 0 aliphatic carbocycles. The van der Waals surface area contributed by atoms with E-state index in [1.165, 1.54) is 0 Å². The van der Waals surface area contributed by atoms with Crippen molar-refractivity contribution >= 4 is 0 Å². The number of aliphatic hydroxyl groups excluding tert-OH is 1. The van der Waals surface area contributed by atoms with Crippen molar-refractivity contribution in [1.82, 2.24) is 0 Å². The second-order valence-corrected chi connectivity index (χ2v) is 4.28. The number of benzene rings is 1. The highest BCUT2D eigenvalue weighted by molar-refractivity contribution is 5.43. The first-order chi connectivity index (χ1) is 9.08. The van der Waals surface area contributed by atoms with Crippen LogP contribution in [0.4, 0.5) is 0 Å². The molecule has 0 spiro atoms. The number of nitrogens with zero attached hydrogens (tertiary/aromatic N) is 1. The zero-order chi connectivity index (χ0) is 14.3. The van der Waals surface area contributed by atoms with Crippen LogP contribution in [0.1, 0.15) is 12.5 Å². The fourth-order valence-corrected chi connectivity index (χ4v) is 1.77. The van der Waals surface area contributed by atoms with Gasteiger partial charge in [-0.1, -0.05) is 6.07 Å². The Kier molecular flexibility index (Phi) is 5.61. The average molecular weight is 265 g/mol. The van der Waals surface area contributed by atoms with E-state index in [1.807, 2.05) is 12.1 Å². The zero-order valence-electron chi connectivity index (χ0n) is 11.5. The van der Waals surface area contributed by atoms with E-state index in [9.17, 15) is 5.26 Å². The summed E-state index contributed by atoms with van der Waals surface area (Å²) in [6, 6.07) is 7.59. The molecule has 1 aromatic rings. The Balaban J connectivity index is 2.89. The Morgan fingerprint density at radius 2 is 1.95 bits per heavy atom. The average Bonchev–Trinajstić information content (AvgIpc) is 2.45. The van der Waals surface area contributed by atoms with Crippen LogP contribution in [0.25, 0.3) is 0 Å². The number of hydrogen-bond acceptors (Lipinski definition) is 5. The Hall–Kier alpha value is -1.77. The van der Waals surface area contributed by atoms with Crippen LogP contribution in [0, 0.1) is 11.3 Å². The molecule has 104 valence electrons. The third-order valence-electron chi connectivity index (χ3n) is 2.74. The maximum absolute atomic E-state index is 9.19. The second kappa shape index (κ2) is 6.98. The van der Waals surface area contributed by atoms with Gasteiger partial charge in [-0.3, -0.25) is 0 Å². The molecule has 0 fully saturated rings. The molecule has 5 heteroatoms. The lowest BCUT2D eigenvalue weighted by Gasteiger charge is -2.22. The van der Waals surface area contributed by atoms with Crippen LogP contribution in [0.3, 0.4) is 0 Å². The molecule has 0 aromatic heterocycles. The normalized spacial score (nSPS) is 13.4. The first-order valence-electron chi connectivity index (χ1n) is 5.95. The lowest BCUT2D eigenvalue weighted by atomic mass is 9.97. The molecule has 0 aliphatic heterocycles. The van der Waals surface area contributed by atoms with Gasteiger partial charge in [0.05, 0.1) is 33.5 Å². The molecule has 0 saturated heterocycles. The van der Waals surface area contributed by atoms with Crippen molar-refractivity contribution in [2.45, 2.75) is 18.9 Å². The van der Waals surface area contributed by atoms with Crippen molar-refractivity contribution < 1.29 is 19.3 Å². The molecule has 1 aromatic carbocycles. The maximum Gasteiger partial charge on any atom is 0.160 e. The predicted molar refractivity (Wildman–Crippen MR) is 70.3 cm³/mol. The lowest BCUT2D eigenvalue weighted by molar-refractivity contribution is -0.00701. The molecule has 1 N–H and O–H groups in total. The van der Waals surface area contributed by atoms with Crippen LogP contribution in [0.2, 0.25) is 0 Å². The van der Waals surface area contributed by atoms with Gasteiger partial charge in [0.25, 0.3) is 0 Å². The van der Waals surface area contributed by atoms with Gasteiger partial charge in [0.15, 0.2) is 17.1 Å². The molecular formula is C14H19NO4. The number of nitriles is 1. The molecule has 0 amide bonds. The minimum atomic E-state index is -0.970. The van der Waals surface area contributed by atoms with Crippen molar-refractivity contribution in [3.05, 3.63) is 23.8 Å². The summed E-state index contributed by atoms with van der Waals surface area (Å²) in [7, 11) is 3.13. The highest BCUT2D eigenvalue weighted by Crippen LogP contribution is 2.29. The van der Waals surface area contributed by atoms with E-state index in [4.69, 9.17) is 19.3 Å². The Morgan fingerprint density at radius 1 is 1.26 bits per heavy atom. The first kappa shape index (κ1) is 15.3. The third-order valence-corrected chi connectivity index (χ3v) is 2.74. The number of aliphatic hydroxyl groups is 1. The molecule has 0 bridgehead atoms. The molecule has 1 rings (SSSR count). The van der Waals surface area contributed by atoms with E-state index in [-0.39, 0.29) is 13.2 Å². The van der Waals surface area contributed by atoms with Gasteiger partial charge in [0.2, 0.25) is 0 Å². The summed E-state index contributed by atoms with van der Waals surface area (Å²) < 4.78 is 15.8. The first-order valence-corrected chi connectivity index (χ1v) is 5.95. The molecular weight excluding hydrogens is 246 g/mol. The molecule has 0 heterocycles. The topological polar surface area (TPSA) is 71.7 Å². The standard InChI is InChI=1S/C14H19NO4/c1-14(10-15,19-7-6-16)9-11-4-5-12(17-2)13(8-11)18-3/h4-5,8,16H,6-7,9H2,1-3H3. The van der Waals surface area contributed by atoms with Gasteiger partial charge < -0.3 is 19.3 Å². The number of rotatable bonds is 7. The van der Waals surface area contributed by atoms with E-state index < -0.39 is 5.60 Å². The van der Waals surface area contributed by atoms with Crippen LogP contribution in [-0.4, -0.2) is 38.1 Å². The quantitative estimate of drug-likeness (QED) is 0.809. The number of ether oxygens (including phenoxy) is 3. The van der Waals surface area contributed by atoms with Crippen molar-refractivity contribution in [1.29, 1.82) is 5.26 Å². The van der Waals surface area contributed by atoms with Crippen LogP contribution >= 0.6 is 0 Å². The maximum atomic E-state index is 9.19. The lowest BCUT2D eigenvalue weighted by Crippen LogP contribution is -2.30. The summed E-state index contributed by atoms with van der Waals surface area (Å²) in [5.41, 5.74) is -0.0675. The molecule has 0 radical (unpaired) electrons. The molecule has 5 nitrogen and oxygen atoms in total. The van der Waals surface area contributed by atoms with Crippen molar-refractivity contribution in [3.63, 3.8) is 0 Å². The summed E-state index contributed by atoms with van der Waals surface area (Å²) in [4.78, 5) is 0. The molecule has 0 aliphatic rings. The highest BCUT2D eigenvalue weighted by atomic mass is 16.5. The molecule has 0 saturated carbocycles. The number of methoxy groups -OCH3 is 2. The monoisotopic (exact) mass is 265 g/mol. The van der Waals surface area contributed by atoms with Crippen LogP contribution in [0.5, 0.6) is 11.5 Å². The van der Waals surface area contributed by atoms with Gasteiger partial charge in [-0.05, 0) is 24.6 Å². The Bertz CT molecular complexity index is 455. The summed E-state index contributed by atoms with van der Waals surface area (Å²) in [6.07, 6.45) is 0.407. The van der Waals surface area contributed by atoms with E-state index in [0.29, 0.717) is 17.9 Å². The zero-order valence-corrected chi connectivity index (χ0v) is 11.5. The van der Waals surface area contributed by atoms with E-state index in [0.717, 1.165) is 5.56 Å². The Morgan fingerprint density at radius 3 is 2.47 bits per heavy atom. The van der Waals surface area contributed by atoms with Gasteiger partial charge in [-0.2, -0.15) is 5.26 Å². The summed E-state index contributed by atoms with van der Waals surface area (Å²) >= 11 is 0. The summed E-state index contributed by atoms with van der Waals surface area (Å²) in [6.45, 7) is 1.72. The fraction of sp³-hybridized carbons (Fsp3) is 0.500. The van der Waals surface area contributed by atoms with Gasteiger partial charge in [0, 0.05) is 6.42 Å². The minimum absolute atomic E-state index is 0.108.